The molecule has 1 fully saturated rings. The van der Waals surface area contributed by atoms with E-state index >= 15 is 0 Å². The number of hydrogen-bond donors (Lipinski definition) is 7. The van der Waals surface area contributed by atoms with Gasteiger partial charge in [-0.2, -0.15) is 0 Å². The SMILES string of the molecule is CC(=O)C(O)(C(=O)O)C(O)C(=O)O.CC(C)(C)[Si](C)(C)OC[C@H]1O[C@@H](n2ccc(=O)[nH]c2=O)[C@H](O)[C@@H]1O. The average molecular weight is 551 g/mol. The minimum atomic E-state index is -3.29. The van der Waals surface area contributed by atoms with E-state index in [1.54, 1.807) is 0 Å². The minimum absolute atomic E-state index is 0.00439. The van der Waals surface area contributed by atoms with Gasteiger partial charge in [0.25, 0.3) is 11.2 Å². The van der Waals surface area contributed by atoms with Gasteiger partial charge in [-0.1, -0.05) is 20.8 Å². The Bertz CT molecular complexity index is 1090. The topological polar surface area (TPSA) is 246 Å². The summed E-state index contributed by atoms with van der Waals surface area (Å²) in [5, 5.41) is 54.7. The lowest BCUT2D eigenvalue weighted by Gasteiger charge is -2.37. The maximum Gasteiger partial charge on any atom is 0.347 e. The molecule has 6 atom stereocenters. The molecule has 1 aliphatic heterocycles. The number of hydrogen-bond acceptors (Lipinski definition) is 11. The molecule has 7 N–H and O–H groups in total. The number of H-pyrrole nitrogens is 1. The van der Waals surface area contributed by atoms with Crippen LogP contribution in [0, 0.1) is 0 Å². The molecule has 1 saturated heterocycles. The van der Waals surface area contributed by atoms with Gasteiger partial charge in [0.2, 0.25) is 0 Å². The second-order valence-corrected chi connectivity index (χ2v) is 14.8. The second-order valence-electron chi connectivity index (χ2n) is 10.0. The summed E-state index contributed by atoms with van der Waals surface area (Å²) in [5.74, 6) is -5.44. The summed E-state index contributed by atoms with van der Waals surface area (Å²) >= 11 is 0. The van der Waals surface area contributed by atoms with Gasteiger partial charge in [0.05, 0.1) is 6.61 Å². The van der Waals surface area contributed by atoms with Crippen LogP contribution in [-0.2, 0) is 23.5 Å². The Morgan fingerprint density at radius 3 is 2.08 bits per heavy atom. The Hall–Kier alpha value is -2.73. The Morgan fingerprint density at radius 1 is 1.16 bits per heavy atom. The highest BCUT2D eigenvalue weighted by Gasteiger charge is 2.52. The number of aliphatic carboxylic acids is 2. The number of rotatable bonds is 8. The zero-order valence-corrected chi connectivity index (χ0v) is 22.2. The normalized spacial score (nSPS) is 24.4. The van der Waals surface area contributed by atoms with E-state index in [-0.39, 0.29) is 11.6 Å². The fourth-order valence-corrected chi connectivity index (χ4v) is 3.88. The summed E-state index contributed by atoms with van der Waals surface area (Å²) in [6.07, 6.45) is -5.74. The minimum Gasteiger partial charge on any atom is -0.479 e. The number of nitrogens with zero attached hydrogens (tertiary/aromatic N) is 1. The predicted molar refractivity (Wildman–Crippen MR) is 127 cm³/mol. The highest BCUT2D eigenvalue weighted by atomic mass is 28.4. The van der Waals surface area contributed by atoms with Crippen molar-refractivity contribution in [1.82, 2.24) is 9.55 Å². The summed E-state index contributed by atoms with van der Waals surface area (Å²) in [4.78, 5) is 56.1. The van der Waals surface area contributed by atoms with Crippen LogP contribution in [0.2, 0.25) is 18.1 Å². The first kappa shape index (κ1) is 32.3. The number of nitrogens with one attached hydrogen (secondary N) is 1. The zero-order valence-electron chi connectivity index (χ0n) is 21.2. The number of aliphatic hydroxyl groups excluding tert-OH is 3. The molecule has 0 aromatic carbocycles. The maximum atomic E-state index is 11.8. The van der Waals surface area contributed by atoms with E-state index in [0.717, 1.165) is 10.6 Å². The molecule has 0 aliphatic carbocycles. The molecule has 0 spiro atoms. The molecule has 37 heavy (non-hydrogen) atoms. The third-order valence-electron chi connectivity index (χ3n) is 6.37. The summed E-state index contributed by atoms with van der Waals surface area (Å²) < 4.78 is 12.7. The third kappa shape index (κ3) is 7.19. The van der Waals surface area contributed by atoms with Gasteiger partial charge < -0.3 is 39.8 Å². The number of carboxylic acid groups (broad SMARTS) is 2. The van der Waals surface area contributed by atoms with Gasteiger partial charge in [-0.15, -0.1) is 0 Å². The summed E-state index contributed by atoms with van der Waals surface area (Å²) in [5.41, 5.74) is -4.53. The quantitative estimate of drug-likeness (QED) is 0.137. The molecule has 1 aromatic rings. The number of Topliss-reactive ketones (excluding diaryl/α,β-unsaturated/α-hetero) is 1. The van der Waals surface area contributed by atoms with Gasteiger partial charge in [-0.05, 0) is 25.1 Å². The molecule has 2 heterocycles. The van der Waals surface area contributed by atoms with E-state index < -0.39 is 73.5 Å². The van der Waals surface area contributed by atoms with Crippen molar-refractivity contribution in [1.29, 1.82) is 0 Å². The largest absolute Gasteiger partial charge is 0.479 e. The maximum absolute atomic E-state index is 11.8. The lowest BCUT2D eigenvalue weighted by Crippen LogP contribution is -2.58. The summed E-state index contributed by atoms with van der Waals surface area (Å²) in [6.45, 7) is 11.3. The number of aromatic nitrogens is 2. The van der Waals surface area contributed by atoms with Crippen molar-refractivity contribution in [3.63, 3.8) is 0 Å². The van der Waals surface area contributed by atoms with E-state index in [1.165, 1.54) is 6.20 Å². The molecule has 16 heteroatoms. The average Bonchev–Trinajstić information content (AvgIpc) is 3.04. The van der Waals surface area contributed by atoms with Crippen LogP contribution in [0.25, 0.3) is 0 Å². The molecule has 1 aliphatic rings. The molecular formula is C21H34N2O13Si. The lowest BCUT2D eigenvalue weighted by atomic mass is 9.92. The van der Waals surface area contributed by atoms with Crippen LogP contribution in [-0.4, -0.2) is 103 Å². The number of ether oxygens (including phenoxy) is 1. The predicted octanol–water partition coefficient (Wildman–Crippen LogP) is -1.99. The van der Waals surface area contributed by atoms with E-state index in [1.807, 2.05) is 0 Å². The molecule has 0 saturated carbocycles. The van der Waals surface area contributed by atoms with E-state index in [2.05, 4.69) is 38.8 Å². The Labute approximate surface area is 212 Å². The first-order valence-corrected chi connectivity index (χ1v) is 13.9. The Balaban J connectivity index is 0.000000448. The van der Waals surface area contributed by atoms with Crippen molar-refractivity contribution in [2.75, 3.05) is 6.61 Å². The fraction of sp³-hybridized carbons (Fsp3) is 0.667. The van der Waals surface area contributed by atoms with Crippen LogP contribution in [0.5, 0.6) is 0 Å². The number of carbonyl (C=O) groups excluding carboxylic acids is 1. The highest BCUT2D eigenvalue weighted by molar-refractivity contribution is 6.74. The number of carboxylic acids is 2. The molecule has 0 radical (unpaired) electrons. The summed E-state index contributed by atoms with van der Waals surface area (Å²) in [7, 11) is -2.03. The van der Waals surface area contributed by atoms with Crippen LogP contribution in [0.15, 0.2) is 21.9 Å². The zero-order chi connectivity index (χ0) is 29.1. The van der Waals surface area contributed by atoms with Crippen molar-refractivity contribution in [2.45, 2.75) is 82.1 Å². The van der Waals surface area contributed by atoms with Crippen molar-refractivity contribution in [3.05, 3.63) is 33.1 Å². The molecule has 2 rings (SSSR count). The van der Waals surface area contributed by atoms with Crippen LogP contribution in [0.4, 0.5) is 0 Å². The van der Waals surface area contributed by atoms with Crippen molar-refractivity contribution < 1.29 is 54.2 Å². The van der Waals surface area contributed by atoms with Gasteiger partial charge in [0.1, 0.15) is 18.3 Å². The molecular weight excluding hydrogens is 516 g/mol. The van der Waals surface area contributed by atoms with E-state index in [4.69, 9.17) is 29.6 Å². The van der Waals surface area contributed by atoms with Gasteiger partial charge in [-0.3, -0.25) is 19.1 Å². The fourth-order valence-electron chi connectivity index (χ4n) is 2.87. The van der Waals surface area contributed by atoms with Gasteiger partial charge >= 0.3 is 17.6 Å². The number of carbonyl (C=O) groups is 3. The summed E-state index contributed by atoms with van der Waals surface area (Å²) in [6, 6.07) is 1.16. The molecule has 0 amide bonds. The first-order valence-electron chi connectivity index (χ1n) is 11.0. The monoisotopic (exact) mass is 550 g/mol. The van der Waals surface area contributed by atoms with Crippen molar-refractivity contribution >= 4 is 26.0 Å². The molecule has 2 unspecified atom stereocenters. The molecule has 210 valence electrons. The van der Waals surface area contributed by atoms with Gasteiger partial charge in [-0.25, -0.2) is 14.4 Å². The number of aromatic amines is 1. The van der Waals surface area contributed by atoms with Gasteiger partial charge in [0.15, 0.2) is 26.4 Å². The lowest BCUT2D eigenvalue weighted by molar-refractivity contribution is -0.185. The van der Waals surface area contributed by atoms with Crippen molar-refractivity contribution in [3.8, 4) is 0 Å². The first-order chi connectivity index (χ1) is 16.7. The number of aliphatic hydroxyl groups is 4. The Kier molecular flexibility index (Phi) is 10.3. The third-order valence-corrected chi connectivity index (χ3v) is 10.9. The highest BCUT2D eigenvalue weighted by Crippen LogP contribution is 2.37. The molecule has 1 aromatic heterocycles. The van der Waals surface area contributed by atoms with E-state index in [0.29, 0.717) is 6.92 Å². The smallest absolute Gasteiger partial charge is 0.347 e. The second kappa shape index (κ2) is 11.8. The van der Waals surface area contributed by atoms with Crippen LogP contribution < -0.4 is 11.2 Å². The standard InChI is InChI=1S/C15H26N2O6Si.C6H8O7/c1-15(2,3)24(4,5)22-8-9-11(19)12(20)13(23-9)17-7-6-10(18)16-14(17)21;1-2(7)6(13,5(11)12)3(8)4(9)10/h6-7,9,11-13,19-20H,8H2,1-5H3,(H,16,18,21);3,8,13H,1H3,(H,9,10)(H,11,12)/t9-,11-,12-,13-;/m1./s1. The van der Waals surface area contributed by atoms with E-state index in [9.17, 15) is 34.2 Å². The number of ketones is 1. The van der Waals surface area contributed by atoms with Gasteiger partial charge in [0, 0.05) is 12.3 Å². The molecule has 15 nitrogen and oxygen atoms in total. The van der Waals surface area contributed by atoms with Crippen LogP contribution in [0.1, 0.15) is 33.9 Å². The van der Waals surface area contributed by atoms with Crippen LogP contribution in [0.3, 0.4) is 0 Å². The van der Waals surface area contributed by atoms with Crippen molar-refractivity contribution in [2.24, 2.45) is 0 Å². The molecule has 0 bridgehead atoms. The Morgan fingerprint density at radius 2 is 1.70 bits per heavy atom. The van der Waals surface area contributed by atoms with Crippen LogP contribution >= 0.6 is 0 Å².